The molecule has 0 fully saturated rings. The van der Waals surface area contributed by atoms with Gasteiger partial charge >= 0.3 is 0 Å². The fourth-order valence-corrected chi connectivity index (χ4v) is 3.07. The van der Waals surface area contributed by atoms with Gasteiger partial charge < -0.3 is 10.1 Å². The van der Waals surface area contributed by atoms with E-state index in [1.807, 2.05) is 24.7 Å². The lowest BCUT2D eigenvalue weighted by atomic mass is 10.0. The van der Waals surface area contributed by atoms with E-state index >= 15 is 0 Å². The van der Waals surface area contributed by atoms with E-state index in [9.17, 15) is 0 Å². The number of methoxy groups -OCH3 is 1. The van der Waals surface area contributed by atoms with Crippen LogP contribution in [0.5, 0.6) is 5.75 Å². The van der Waals surface area contributed by atoms with Crippen LogP contribution in [0, 0.1) is 0 Å². The molecule has 0 amide bonds. The predicted octanol–water partition coefficient (Wildman–Crippen LogP) is 4.42. The van der Waals surface area contributed by atoms with Crippen LogP contribution in [0.25, 0.3) is 16.9 Å². The lowest BCUT2D eigenvalue weighted by Gasteiger charge is -2.21. The first kappa shape index (κ1) is 14.6. The highest BCUT2D eigenvalue weighted by molar-refractivity contribution is 5.65. The lowest BCUT2D eigenvalue weighted by Crippen LogP contribution is -2.09. The molecule has 2 aromatic carbocycles. The van der Waals surface area contributed by atoms with Crippen molar-refractivity contribution in [3.8, 4) is 22.7 Å². The molecular weight excluding hydrogens is 298 g/mol. The van der Waals surface area contributed by atoms with Gasteiger partial charge in [0.05, 0.1) is 25.3 Å². The highest BCUT2D eigenvalue weighted by atomic mass is 16.5. The van der Waals surface area contributed by atoms with Crippen LogP contribution in [-0.2, 0) is 6.42 Å². The number of hydrogen-bond acceptors (Lipinski definition) is 3. The van der Waals surface area contributed by atoms with Gasteiger partial charge in [-0.2, -0.15) is 0 Å². The third-order valence-corrected chi connectivity index (χ3v) is 4.40. The quantitative estimate of drug-likeness (QED) is 0.777. The maximum Gasteiger partial charge on any atom is 0.118 e. The molecule has 0 saturated carbocycles. The fraction of sp³-hybridized carbons (Fsp3) is 0.150. The molecule has 4 rings (SSSR count). The number of allylic oxidation sites excluding steroid dienone is 1. The van der Waals surface area contributed by atoms with E-state index in [1.54, 1.807) is 7.11 Å². The monoisotopic (exact) mass is 317 g/mol. The van der Waals surface area contributed by atoms with Gasteiger partial charge in [0.2, 0.25) is 0 Å². The number of imidazole rings is 1. The van der Waals surface area contributed by atoms with Crippen molar-refractivity contribution < 1.29 is 4.74 Å². The summed E-state index contributed by atoms with van der Waals surface area (Å²) in [7, 11) is 1.68. The number of ether oxygens (including phenoxy) is 1. The van der Waals surface area contributed by atoms with Gasteiger partial charge in [-0.05, 0) is 60.9 Å². The Hall–Kier alpha value is -3.01. The number of anilines is 1. The first-order valence-electron chi connectivity index (χ1n) is 7.99. The van der Waals surface area contributed by atoms with Crippen molar-refractivity contribution in [3.63, 3.8) is 0 Å². The molecule has 0 saturated heterocycles. The summed E-state index contributed by atoms with van der Waals surface area (Å²) in [4.78, 5) is 4.34. The fourth-order valence-electron chi connectivity index (χ4n) is 3.07. The highest BCUT2D eigenvalue weighted by Gasteiger charge is 2.13. The third-order valence-electron chi connectivity index (χ3n) is 4.40. The Bertz CT molecular complexity index is 894. The second kappa shape index (κ2) is 5.89. The Balaban J connectivity index is 1.73. The van der Waals surface area contributed by atoms with Crippen LogP contribution in [-0.4, -0.2) is 16.7 Å². The van der Waals surface area contributed by atoms with Crippen molar-refractivity contribution in [2.24, 2.45) is 0 Å². The number of aryl methyl sites for hydroxylation is 1. The van der Waals surface area contributed by atoms with Crippen LogP contribution in [0.1, 0.15) is 12.0 Å². The molecule has 24 heavy (non-hydrogen) atoms. The van der Waals surface area contributed by atoms with Crippen molar-refractivity contribution in [1.82, 2.24) is 9.55 Å². The van der Waals surface area contributed by atoms with Crippen LogP contribution >= 0.6 is 0 Å². The molecule has 120 valence electrons. The van der Waals surface area contributed by atoms with Gasteiger partial charge in [0.1, 0.15) is 5.75 Å². The highest BCUT2D eigenvalue weighted by Crippen LogP contribution is 2.30. The summed E-state index contributed by atoms with van der Waals surface area (Å²) in [6.45, 7) is 4.02. The zero-order valence-corrected chi connectivity index (χ0v) is 13.6. The average Bonchev–Trinajstić information content (AvgIpc) is 3.11. The minimum Gasteiger partial charge on any atom is -0.497 e. The van der Waals surface area contributed by atoms with Gasteiger partial charge in [-0.15, -0.1) is 0 Å². The Morgan fingerprint density at radius 2 is 1.96 bits per heavy atom. The molecule has 0 aliphatic carbocycles. The van der Waals surface area contributed by atoms with Crippen molar-refractivity contribution in [2.45, 2.75) is 12.8 Å². The van der Waals surface area contributed by atoms with E-state index in [0.717, 1.165) is 46.9 Å². The molecule has 3 aromatic rings. The molecule has 1 aromatic heterocycles. The van der Waals surface area contributed by atoms with Gasteiger partial charge in [0, 0.05) is 22.6 Å². The van der Waals surface area contributed by atoms with E-state index in [-0.39, 0.29) is 0 Å². The molecule has 0 radical (unpaired) electrons. The van der Waals surface area contributed by atoms with E-state index in [4.69, 9.17) is 4.74 Å². The number of hydrogen-bond donors (Lipinski definition) is 1. The average molecular weight is 317 g/mol. The van der Waals surface area contributed by atoms with E-state index in [2.05, 4.69) is 51.8 Å². The topological polar surface area (TPSA) is 39.1 Å². The molecule has 1 N–H and O–H groups in total. The third kappa shape index (κ3) is 2.56. The molecule has 0 spiro atoms. The Kier molecular flexibility index (Phi) is 3.58. The van der Waals surface area contributed by atoms with Gasteiger partial charge in [-0.25, -0.2) is 4.98 Å². The summed E-state index contributed by atoms with van der Waals surface area (Å²) < 4.78 is 7.35. The van der Waals surface area contributed by atoms with Crippen LogP contribution in [0.15, 0.2) is 67.3 Å². The summed E-state index contributed by atoms with van der Waals surface area (Å²) in [5.41, 5.74) is 6.84. The molecule has 4 heteroatoms. The van der Waals surface area contributed by atoms with Gasteiger partial charge in [-0.3, -0.25) is 4.57 Å². The lowest BCUT2D eigenvalue weighted by molar-refractivity contribution is 0.415. The van der Waals surface area contributed by atoms with E-state index < -0.39 is 0 Å². The van der Waals surface area contributed by atoms with Gasteiger partial charge in [0.25, 0.3) is 0 Å². The van der Waals surface area contributed by atoms with Gasteiger partial charge in [-0.1, -0.05) is 6.58 Å². The zero-order chi connectivity index (χ0) is 16.5. The van der Waals surface area contributed by atoms with E-state index in [0.29, 0.717) is 0 Å². The van der Waals surface area contributed by atoms with Crippen molar-refractivity contribution >= 4 is 5.69 Å². The molecule has 0 unspecified atom stereocenters. The minimum atomic E-state index is 0.852. The van der Waals surface area contributed by atoms with E-state index in [1.165, 1.54) is 5.56 Å². The smallest absolute Gasteiger partial charge is 0.118 e. The summed E-state index contributed by atoms with van der Waals surface area (Å²) in [5, 5.41) is 3.36. The molecule has 2 heterocycles. The molecular formula is C20H19N3O. The second-order valence-corrected chi connectivity index (χ2v) is 5.95. The standard InChI is InChI=1S/C20H19N3O/c1-14-3-4-16-11-17(7-10-19(16)22-14)23-13-21-12-20(23)15-5-8-18(24-2)9-6-15/h5-13,22H,1,3-4H2,2H3. The van der Waals surface area contributed by atoms with Crippen LogP contribution in [0.4, 0.5) is 5.69 Å². The summed E-state index contributed by atoms with van der Waals surface area (Å²) in [6.07, 6.45) is 5.74. The Morgan fingerprint density at radius 3 is 2.75 bits per heavy atom. The maximum atomic E-state index is 5.24. The maximum absolute atomic E-state index is 5.24. The molecule has 0 atom stereocenters. The molecule has 4 nitrogen and oxygen atoms in total. The number of fused-ring (bicyclic) bond motifs is 1. The first-order valence-corrected chi connectivity index (χ1v) is 7.99. The number of aromatic nitrogens is 2. The summed E-state index contributed by atoms with van der Waals surface area (Å²) in [6, 6.07) is 14.5. The van der Waals surface area contributed by atoms with Crippen LogP contribution in [0.3, 0.4) is 0 Å². The predicted molar refractivity (Wildman–Crippen MR) is 96.6 cm³/mol. The molecule has 1 aliphatic rings. The second-order valence-electron chi connectivity index (χ2n) is 5.95. The summed E-state index contributed by atoms with van der Waals surface area (Å²) in [5.74, 6) is 0.852. The Morgan fingerprint density at radius 1 is 1.12 bits per heavy atom. The zero-order valence-electron chi connectivity index (χ0n) is 13.6. The normalized spacial score (nSPS) is 13.3. The van der Waals surface area contributed by atoms with Gasteiger partial charge in [0.15, 0.2) is 0 Å². The SMILES string of the molecule is C=C1CCc2cc(-n3cncc3-c3ccc(OC)cc3)ccc2N1. The van der Waals surface area contributed by atoms with Crippen molar-refractivity contribution in [3.05, 3.63) is 72.8 Å². The number of rotatable bonds is 3. The molecule has 1 aliphatic heterocycles. The first-order chi connectivity index (χ1) is 11.7. The largest absolute Gasteiger partial charge is 0.497 e. The number of nitrogens with zero attached hydrogens (tertiary/aromatic N) is 2. The van der Waals surface area contributed by atoms with Crippen molar-refractivity contribution in [2.75, 3.05) is 12.4 Å². The Labute approximate surface area is 141 Å². The number of nitrogens with one attached hydrogen (secondary N) is 1. The van der Waals surface area contributed by atoms with Crippen LogP contribution < -0.4 is 10.1 Å². The van der Waals surface area contributed by atoms with Crippen LogP contribution in [0.2, 0.25) is 0 Å². The summed E-state index contributed by atoms with van der Waals surface area (Å²) >= 11 is 0. The van der Waals surface area contributed by atoms with Crippen molar-refractivity contribution in [1.29, 1.82) is 0 Å². The minimum absolute atomic E-state index is 0.852. The molecule has 0 bridgehead atoms. The number of benzene rings is 2.